The Morgan fingerprint density at radius 2 is 2.00 bits per heavy atom. The van der Waals surface area contributed by atoms with Crippen molar-refractivity contribution in [2.24, 2.45) is 16.6 Å². The molecule has 0 atom stereocenters. The van der Waals surface area contributed by atoms with Crippen LogP contribution in [0.15, 0.2) is 0 Å². The van der Waals surface area contributed by atoms with E-state index in [-0.39, 0.29) is 0 Å². The number of hydrogen-bond donors (Lipinski definition) is 1. The van der Waals surface area contributed by atoms with Crippen LogP contribution in [0.2, 0.25) is 0 Å². The molecule has 0 aromatic carbocycles. The van der Waals surface area contributed by atoms with Crippen LogP contribution in [-0.2, 0) is 4.74 Å². The molecule has 1 heterocycles. The second kappa shape index (κ2) is 2.20. The Balaban J connectivity index is 1.89. The van der Waals surface area contributed by atoms with Crippen molar-refractivity contribution in [3.8, 4) is 0 Å². The van der Waals surface area contributed by atoms with Gasteiger partial charge in [0.25, 0.3) is 0 Å². The normalized spacial score (nSPS) is 31.1. The zero-order chi connectivity index (χ0) is 7.95. The van der Waals surface area contributed by atoms with Crippen molar-refractivity contribution in [2.45, 2.75) is 26.2 Å². The highest BCUT2D eigenvalue weighted by Crippen LogP contribution is 2.54. The molecule has 0 radical (unpaired) electrons. The molecule has 0 spiro atoms. The highest BCUT2D eigenvalue weighted by Gasteiger charge is 2.48. The van der Waals surface area contributed by atoms with Gasteiger partial charge in [-0.05, 0) is 31.2 Å². The average Bonchev–Trinajstić information content (AvgIpc) is 2.67. The molecule has 1 aliphatic heterocycles. The SMILES string of the molecule is CC1(CC2(CN)CC2)COC1. The summed E-state index contributed by atoms with van der Waals surface area (Å²) in [6, 6.07) is 0. The molecule has 0 aromatic heterocycles. The van der Waals surface area contributed by atoms with Crippen LogP contribution < -0.4 is 5.73 Å². The molecular formula is C9H17NO. The molecular weight excluding hydrogens is 138 g/mol. The fraction of sp³-hybridized carbons (Fsp3) is 1.00. The molecule has 1 saturated carbocycles. The van der Waals surface area contributed by atoms with Crippen LogP contribution in [-0.4, -0.2) is 19.8 Å². The molecule has 2 nitrogen and oxygen atoms in total. The summed E-state index contributed by atoms with van der Waals surface area (Å²) < 4.78 is 5.22. The summed E-state index contributed by atoms with van der Waals surface area (Å²) in [5.74, 6) is 0. The molecule has 1 saturated heterocycles. The lowest BCUT2D eigenvalue weighted by Gasteiger charge is -2.40. The van der Waals surface area contributed by atoms with Gasteiger partial charge in [-0.15, -0.1) is 0 Å². The van der Waals surface area contributed by atoms with Gasteiger partial charge in [0.1, 0.15) is 0 Å². The van der Waals surface area contributed by atoms with Gasteiger partial charge in [0.15, 0.2) is 0 Å². The summed E-state index contributed by atoms with van der Waals surface area (Å²) in [6.07, 6.45) is 3.98. The fourth-order valence-corrected chi connectivity index (χ4v) is 2.09. The minimum Gasteiger partial charge on any atom is -0.380 e. The van der Waals surface area contributed by atoms with E-state index in [0.29, 0.717) is 10.8 Å². The third-order valence-corrected chi connectivity index (χ3v) is 3.09. The molecule has 11 heavy (non-hydrogen) atoms. The lowest BCUT2D eigenvalue weighted by atomic mass is 9.78. The van der Waals surface area contributed by atoms with Crippen LogP contribution in [0.1, 0.15) is 26.2 Å². The van der Waals surface area contributed by atoms with E-state index in [0.717, 1.165) is 19.8 Å². The fourth-order valence-electron chi connectivity index (χ4n) is 2.09. The summed E-state index contributed by atoms with van der Waals surface area (Å²) in [5.41, 5.74) is 6.71. The highest BCUT2D eigenvalue weighted by molar-refractivity contribution is 4.99. The van der Waals surface area contributed by atoms with Gasteiger partial charge in [-0.25, -0.2) is 0 Å². The van der Waals surface area contributed by atoms with Gasteiger partial charge in [-0.2, -0.15) is 0 Å². The second-order valence-corrected chi connectivity index (χ2v) is 4.68. The Labute approximate surface area is 68.1 Å². The lowest BCUT2D eigenvalue weighted by Crippen LogP contribution is -2.42. The number of rotatable bonds is 3. The van der Waals surface area contributed by atoms with Gasteiger partial charge in [0.2, 0.25) is 0 Å². The third-order valence-electron chi connectivity index (χ3n) is 3.09. The maximum Gasteiger partial charge on any atom is 0.0542 e. The molecule has 2 aliphatic rings. The predicted molar refractivity (Wildman–Crippen MR) is 44.3 cm³/mol. The van der Waals surface area contributed by atoms with Crippen molar-refractivity contribution in [3.05, 3.63) is 0 Å². The summed E-state index contributed by atoms with van der Waals surface area (Å²) in [6.45, 7) is 5.10. The smallest absolute Gasteiger partial charge is 0.0542 e. The quantitative estimate of drug-likeness (QED) is 0.663. The van der Waals surface area contributed by atoms with Gasteiger partial charge in [0, 0.05) is 5.41 Å². The molecule has 0 aromatic rings. The first-order valence-electron chi connectivity index (χ1n) is 4.46. The van der Waals surface area contributed by atoms with Crippen LogP contribution in [0.5, 0.6) is 0 Å². The van der Waals surface area contributed by atoms with Crippen LogP contribution >= 0.6 is 0 Å². The van der Waals surface area contributed by atoms with Gasteiger partial charge in [-0.1, -0.05) is 6.92 Å². The number of nitrogens with two attached hydrogens (primary N) is 1. The van der Waals surface area contributed by atoms with Crippen molar-refractivity contribution < 1.29 is 4.74 Å². The summed E-state index contributed by atoms with van der Waals surface area (Å²) >= 11 is 0. The Morgan fingerprint density at radius 1 is 1.36 bits per heavy atom. The maximum absolute atomic E-state index is 5.71. The zero-order valence-electron chi connectivity index (χ0n) is 7.23. The number of ether oxygens (including phenoxy) is 1. The van der Waals surface area contributed by atoms with Crippen molar-refractivity contribution in [2.75, 3.05) is 19.8 Å². The van der Waals surface area contributed by atoms with Gasteiger partial charge in [-0.3, -0.25) is 0 Å². The first kappa shape index (κ1) is 7.56. The van der Waals surface area contributed by atoms with Crippen LogP contribution in [0, 0.1) is 10.8 Å². The zero-order valence-corrected chi connectivity index (χ0v) is 7.23. The van der Waals surface area contributed by atoms with E-state index in [1.54, 1.807) is 0 Å². The van der Waals surface area contributed by atoms with E-state index in [9.17, 15) is 0 Å². The second-order valence-electron chi connectivity index (χ2n) is 4.68. The molecule has 2 N–H and O–H groups in total. The third kappa shape index (κ3) is 1.30. The molecule has 2 heteroatoms. The van der Waals surface area contributed by atoms with Crippen molar-refractivity contribution >= 4 is 0 Å². The van der Waals surface area contributed by atoms with Crippen molar-refractivity contribution in [1.29, 1.82) is 0 Å². The Hall–Kier alpha value is -0.0800. The summed E-state index contributed by atoms with van der Waals surface area (Å²) in [4.78, 5) is 0. The average molecular weight is 155 g/mol. The largest absolute Gasteiger partial charge is 0.380 e. The Bertz CT molecular complexity index is 156. The summed E-state index contributed by atoms with van der Waals surface area (Å²) in [7, 11) is 0. The van der Waals surface area contributed by atoms with E-state index in [1.165, 1.54) is 19.3 Å². The summed E-state index contributed by atoms with van der Waals surface area (Å²) in [5, 5.41) is 0. The predicted octanol–water partition coefficient (Wildman–Crippen LogP) is 1.15. The lowest BCUT2D eigenvalue weighted by molar-refractivity contribution is -0.114. The van der Waals surface area contributed by atoms with Gasteiger partial charge < -0.3 is 10.5 Å². The van der Waals surface area contributed by atoms with E-state index in [2.05, 4.69) is 6.92 Å². The maximum atomic E-state index is 5.71. The first-order chi connectivity index (χ1) is 5.18. The Morgan fingerprint density at radius 3 is 2.27 bits per heavy atom. The van der Waals surface area contributed by atoms with Crippen molar-refractivity contribution in [1.82, 2.24) is 0 Å². The molecule has 64 valence electrons. The van der Waals surface area contributed by atoms with E-state index in [4.69, 9.17) is 10.5 Å². The molecule has 2 fully saturated rings. The van der Waals surface area contributed by atoms with Crippen molar-refractivity contribution in [3.63, 3.8) is 0 Å². The van der Waals surface area contributed by atoms with Crippen LogP contribution in [0.3, 0.4) is 0 Å². The minimum absolute atomic E-state index is 0.468. The van der Waals surface area contributed by atoms with Gasteiger partial charge >= 0.3 is 0 Å². The van der Waals surface area contributed by atoms with E-state index >= 15 is 0 Å². The molecule has 0 unspecified atom stereocenters. The first-order valence-corrected chi connectivity index (χ1v) is 4.46. The molecule has 2 rings (SSSR count). The van der Waals surface area contributed by atoms with E-state index < -0.39 is 0 Å². The number of hydrogen-bond acceptors (Lipinski definition) is 2. The van der Waals surface area contributed by atoms with Crippen LogP contribution in [0.4, 0.5) is 0 Å². The Kier molecular flexibility index (Phi) is 1.52. The molecule has 0 bridgehead atoms. The van der Waals surface area contributed by atoms with Gasteiger partial charge in [0.05, 0.1) is 13.2 Å². The molecule has 0 amide bonds. The standard InChI is InChI=1S/C9H17NO/c1-8(6-11-7-8)4-9(5-10)2-3-9/h2-7,10H2,1H3. The minimum atomic E-state index is 0.468. The van der Waals surface area contributed by atoms with E-state index in [1.807, 2.05) is 0 Å². The highest BCUT2D eigenvalue weighted by atomic mass is 16.5. The monoisotopic (exact) mass is 155 g/mol. The molecule has 1 aliphatic carbocycles. The topological polar surface area (TPSA) is 35.2 Å². The van der Waals surface area contributed by atoms with Crippen LogP contribution in [0.25, 0.3) is 0 Å².